The molecule has 1 heterocycles. The zero-order valence-electron chi connectivity index (χ0n) is 10.8. The molecule has 0 unspecified atom stereocenters. The highest BCUT2D eigenvalue weighted by atomic mass is 16.4. The molecule has 4 heteroatoms. The highest BCUT2D eigenvalue weighted by Gasteiger charge is 2.27. The first kappa shape index (κ1) is 12.8. The van der Waals surface area contributed by atoms with Crippen molar-refractivity contribution >= 4 is 5.97 Å². The van der Waals surface area contributed by atoms with Gasteiger partial charge in [-0.3, -0.25) is 14.6 Å². The summed E-state index contributed by atoms with van der Waals surface area (Å²) in [6.07, 6.45) is 5.39. The Labute approximate surface area is 104 Å². The predicted octanol–water partition coefficient (Wildman–Crippen LogP) is 1.27. The zero-order chi connectivity index (χ0) is 12.3. The number of carboxylic acid groups (broad SMARTS) is 1. The van der Waals surface area contributed by atoms with Crippen LogP contribution in [-0.2, 0) is 4.79 Å². The van der Waals surface area contributed by atoms with Gasteiger partial charge in [-0.05, 0) is 31.6 Å². The van der Waals surface area contributed by atoms with Crippen LogP contribution in [0.3, 0.4) is 0 Å². The highest BCUT2D eigenvalue weighted by Crippen LogP contribution is 2.27. The van der Waals surface area contributed by atoms with Gasteiger partial charge in [-0.25, -0.2) is 0 Å². The molecule has 2 rings (SSSR count). The fourth-order valence-corrected chi connectivity index (χ4v) is 3.09. The monoisotopic (exact) mass is 240 g/mol. The summed E-state index contributed by atoms with van der Waals surface area (Å²) in [5.41, 5.74) is 0. The first-order valence-corrected chi connectivity index (χ1v) is 6.83. The Morgan fingerprint density at radius 3 is 2.24 bits per heavy atom. The van der Waals surface area contributed by atoms with Gasteiger partial charge in [-0.2, -0.15) is 0 Å². The number of piperazine rings is 1. The molecule has 17 heavy (non-hydrogen) atoms. The molecule has 1 aliphatic carbocycles. The van der Waals surface area contributed by atoms with Gasteiger partial charge in [0.1, 0.15) is 0 Å². The Morgan fingerprint density at radius 1 is 1.12 bits per heavy atom. The van der Waals surface area contributed by atoms with Crippen molar-refractivity contribution in [1.29, 1.82) is 0 Å². The Kier molecular flexibility index (Phi) is 4.40. The lowest BCUT2D eigenvalue weighted by atomic mass is 9.86. The quantitative estimate of drug-likeness (QED) is 0.807. The molecule has 0 aromatic rings. The van der Waals surface area contributed by atoms with Crippen LogP contribution in [-0.4, -0.2) is 59.6 Å². The Bertz CT molecular complexity index is 254. The summed E-state index contributed by atoms with van der Waals surface area (Å²) in [5.74, 6) is 0.199. The lowest BCUT2D eigenvalue weighted by Crippen LogP contribution is -2.51. The van der Waals surface area contributed by atoms with Crippen molar-refractivity contribution in [2.24, 2.45) is 5.92 Å². The van der Waals surface area contributed by atoms with Gasteiger partial charge in [0.2, 0.25) is 0 Å². The summed E-state index contributed by atoms with van der Waals surface area (Å²) in [6.45, 7) is 6.48. The minimum atomic E-state index is -0.704. The summed E-state index contributed by atoms with van der Waals surface area (Å²) in [6, 6.07) is 0.762. The molecule has 0 bridgehead atoms. The maximum absolute atomic E-state index is 10.6. The largest absolute Gasteiger partial charge is 0.480 e. The molecule has 1 aliphatic heterocycles. The molecule has 0 spiro atoms. The van der Waals surface area contributed by atoms with Crippen LogP contribution in [0.1, 0.15) is 32.6 Å². The molecule has 2 aliphatic rings. The van der Waals surface area contributed by atoms with Gasteiger partial charge in [-0.1, -0.05) is 6.92 Å². The van der Waals surface area contributed by atoms with E-state index in [1.54, 1.807) is 0 Å². The fourth-order valence-electron chi connectivity index (χ4n) is 3.09. The Hall–Kier alpha value is -0.610. The SMILES string of the molecule is CC1CCC(N2CCN(CC(=O)O)CC2)CC1. The average Bonchev–Trinajstić information content (AvgIpc) is 2.30. The number of carbonyl (C=O) groups is 1. The molecule has 4 nitrogen and oxygen atoms in total. The topological polar surface area (TPSA) is 43.8 Å². The second-order valence-electron chi connectivity index (χ2n) is 5.62. The Morgan fingerprint density at radius 2 is 1.71 bits per heavy atom. The summed E-state index contributed by atoms with van der Waals surface area (Å²) < 4.78 is 0. The maximum Gasteiger partial charge on any atom is 0.317 e. The molecule has 98 valence electrons. The van der Waals surface area contributed by atoms with Crippen molar-refractivity contribution in [3.8, 4) is 0 Å². The normalized spacial score (nSPS) is 32.5. The molecule has 1 N–H and O–H groups in total. The first-order valence-electron chi connectivity index (χ1n) is 6.83. The van der Waals surface area contributed by atoms with Crippen molar-refractivity contribution in [1.82, 2.24) is 9.80 Å². The smallest absolute Gasteiger partial charge is 0.317 e. The van der Waals surface area contributed by atoms with Gasteiger partial charge >= 0.3 is 5.97 Å². The fraction of sp³-hybridized carbons (Fsp3) is 0.923. The molecule has 2 fully saturated rings. The van der Waals surface area contributed by atoms with Crippen molar-refractivity contribution in [2.75, 3.05) is 32.7 Å². The van der Waals surface area contributed by atoms with Gasteiger partial charge in [0.05, 0.1) is 6.54 Å². The molecule has 0 aromatic carbocycles. The van der Waals surface area contributed by atoms with E-state index < -0.39 is 5.97 Å². The van der Waals surface area contributed by atoms with Crippen LogP contribution in [0.15, 0.2) is 0 Å². The standard InChI is InChI=1S/C13H24N2O2/c1-11-2-4-12(5-3-11)15-8-6-14(7-9-15)10-13(16)17/h11-12H,2-10H2,1H3,(H,16,17). The van der Waals surface area contributed by atoms with E-state index in [0.717, 1.165) is 38.1 Å². The van der Waals surface area contributed by atoms with Gasteiger partial charge in [0.25, 0.3) is 0 Å². The van der Waals surface area contributed by atoms with Gasteiger partial charge in [0.15, 0.2) is 0 Å². The van der Waals surface area contributed by atoms with Crippen molar-refractivity contribution < 1.29 is 9.90 Å². The lowest BCUT2D eigenvalue weighted by molar-refractivity contribution is -0.138. The second kappa shape index (κ2) is 5.83. The third-order valence-electron chi connectivity index (χ3n) is 4.27. The molecule has 0 atom stereocenters. The van der Waals surface area contributed by atoms with E-state index in [1.165, 1.54) is 25.7 Å². The van der Waals surface area contributed by atoms with Crippen LogP contribution in [0.25, 0.3) is 0 Å². The van der Waals surface area contributed by atoms with Crippen LogP contribution < -0.4 is 0 Å². The molecule has 0 amide bonds. The van der Waals surface area contributed by atoms with E-state index in [0.29, 0.717) is 0 Å². The van der Waals surface area contributed by atoms with Gasteiger partial charge in [0, 0.05) is 32.2 Å². The molecule has 1 saturated heterocycles. The number of hydrogen-bond donors (Lipinski definition) is 1. The number of carboxylic acids is 1. The molecule has 0 aromatic heterocycles. The zero-order valence-corrected chi connectivity index (χ0v) is 10.8. The van der Waals surface area contributed by atoms with Crippen molar-refractivity contribution in [3.63, 3.8) is 0 Å². The first-order chi connectivity index (χ1) is 8.15. The third-order valence-corrected chi connectivity index (χ3v) is 4.27. The summed E-state index contributed by atoms with van der Waals surface area (Å²) >= 11 is 0. The third kappa shape index (κ3) is 3.68. The highest BCUT2D eigenvalue weighted by molar-refractivity contribution is 5.69. The van der Waals surface area contributed by atoms with Crippen LogP contribution in [0.4, 0.5) is 0 Å². The number of nitrogens with zero attached hydrogens (tertiary/aromatic N) is 2. The lowest BCUT2D eigenvalue weighted by Gasteiger charge is -2.41. The minimum Gasteiger partial charge on any atom is -0.480 e. The van der Waals surface area contributed by atoms with E-state index in [-0.39, 0.29) is 6.54 Å². The van der Waals surface area contributed by atoms with E-state index in [9.17, 15) is 4.79 Å². The molecular weight excluding hydrogens is 216 g/mol. The summed E-state index contributed by atoms with van der Waals surface area (Å²) in [7, 11) is 0. The number of rotatable bonds is 3. The van der Waals surface area contributed by atoms with Crippen LogP contribution in [0.5, 0.6) is 0 Å². The predicted molar refractivity (Wildman–Crippen MR) is 67.1 cm³/mol. The average molecular weight is 240 g/mol. The van der Waals surface area contributed by atoms with E-state index in [4.69, 9.17) is 5.11 Å². The van der Waals surface area contributed by atoms with Crippen LogP contribution >= 0.6 is 0 Å². The van der Waals surface area contributed by atoms with Crippen LogP contribution in [0, 0.1) is 5.92 Å². The van der Waals surface area contributed by atoms with Gasteiger partial charge < -0.3 is 5.11 Å². The van der Waals surface area contributed by atoms with Gasteiger partial charge in [-0.15, -0.1) is 0 Å². The van der Waals surface area contributed by atoms with Crippen molar-refractivity contribution in [3.05, 3.63) is 0 Å². The Balaban J connectivity index is 1.73. The molecule has 0 radical (unpaired) electrons. The summed E-state index contributed by atoms with van der Waals surface area (Å²) in [4.78, 5) is 15.3. The van der Waals surface area contributed by atoms with E-state index in [1.807, 2.05) is 4.90 Å². The minimum absolute atomic E-state index is 0.204. The molecule has 1 saturated carbocycles. The van der Waals surface area contributed by atoms with Crippen LogP contribution in [0.2, 0.25) is 0 Å². The van der Waals surface area contributed by atoms with Crippen molar-refractivity contribution in [2.45, 2.75) is 38.6 Å². The number of aliphatic carboxylic acids is 1. The van der Waals surface area contributed by atoms with E-state index in [2.05, 4.69) is 11.8 Å². The second-order valence-corrected chi connectivity index (χ2v) is 5.62. The molecular formula is C13H24N2O2. The summed E-state index contributed by atoms with van der Waals surface area (Å²) in [5, 5.41) is 8.75. The number of hydrogen-bond acceptors (Lipinski definition) is 3. The maximum atomic E-state index is 10.6. The van der Waals surface area contributed by atoms with E-state index >= 15 is 0 Å².